The second kappa shape index (κ2) is 5.50. The summed E-state index contributed by atoms with van der Waals surface area (Å²) in [5, 5.41) is 7.83. The zero-order valence-electron chi connectivity index (χ0n) is 11.4. The molecule has 0 N–H and O–H groups in total. The Morgan fingerprint density at radius 1 is 1.33 bits per heavy atom. The van der Waals surface area contributed by atoms with Crippen molar-refractivity contribution in [1.29, 1.82) is 0 Å². The summed E-state index contributed by atoms with van der Waals surface area (Å²) >= 11 is 0. The minimum absolute atomic E-state index is 0.0250. The first-order valence-corrected chi connectivity index (χ1v) is 6.53. The maximum Gasteiger partial charge on any atom is 0.250 e. The number of hydrogen-bond acceptors (Lipinski definition) is 5. The minimum atomic E-state index is -0.900. The summed E-state index contributed by atoms with van der Waals surface area (Å²) < 4.78 is 43.1. The van der Waals surface area contributed by atoms with Crippen LogP contribution in [0.4, 0.5) is 8.78 Å². The number of nitrogens with zero attached hydrogens (tertiary/aromatic N) is 2. The van der Waals surface area contributed by atoms with Crippen molar-refractivity contribution < 1.29 is 22.7 Å². The van der Waals surface area contributed by atoms with Crippen molar-refractivity contribution in [2.75, 3.05) is 20.3 Å². The van der Waals surface area contributed by atoms with E-state index in [0.29, 0.717) is 25.5 Å². The van der Waals surface area contributed by atoms with Gasteiger partial charge >= 0.3 is 0 Å². The second-order valence-corrected chi connectivity index (χ2v) is 4.89. The van der Waals surface area contributed by atoms with Gasteiger partial charge in [0.2, 0.25) is 5.89 Å². The lowest BCUT2D eigenvalue weighted by molar-refractivity contribution is -0.0416. The Balaban J connectivity index is 1.84. The summed E-state index contributed by atoms with van der Waals surface area (Å²) in [6.07, 6.45) is 0.636. The summed E-state index contributed by atoms with van der Waals surface area (Å²) in [6.45, 7) is 0.879. The van der Waals surface area contributed by atoms with Crippen molar-refractivity contribution >= 4 is 0 Å². The maximum absolute atomic E-state index is 13.6. The molecular formula is C14H14F2N2O3. The van der Waals surface area contributed by atoms with Gasteiger partial charge in [-0.1, -0.05) is 12.1 Å². The van der Waals surface area contributed by atoms with Crippen LogP contribution in [0.3, 0.4) is 0 Å². The van der Waals surface area contributed by atoms with Crippen molar-refractivity contribution in [3.63, 3.8) is 0 Å². The molecule has 1 aromatic heterocycles. The SMILES string of the molecule is COC1(c2nnc(Cc3cccc(F)c3F)o2)CCOC1. The van der Waals surface area contributed by atoms with Crippen LogP contribution in [0.25, 0.3) is 0 Å². The fraction of sp³-hybridized carbons (Fsp3) is 0.429. The first kappa shape index (κ1) is 14.1. The fourth-order valence-electron chi connectivity index (χ4n) is 2.32. The summed E-state index contributed by atoms with van der Waals surface area (Å²) in [6, 6.07) is 3.98. The molecule has 1 aliphatic rings. The molecule has 1 unspecified atom stereocenters. The number of methoxy groups -OCH3 is 1. The van der Waals surface area contributed by atoms with E-state index < -0.39 is 17.2 Å². The molecule has 1 fully saturated rings. The molecular weight excluding hydrogens is 282 g/mol. The van der Waals surface area contributed by atoms with Crippen LogP contribution in [0, 0.1) is 11.6 Å². The highest BCUT2D eigenvalue weighted by atomic mass is 19.2. The molecule has 7 heteroatoms. The van der Waals surface area contributed by atoms with Gasteiger partial charge in [0.15, 0.2) is 17.2 Å². The van der Waals surface area contributed by atoms with Crippen LogP contribution < -0.4 is 0 Å². The number of hydrogen-bond donors (Lipinski definition) is 0. The Morgan fingerprint density at radius 3 is 2.90 bits per heavy atom. The standard InChI is InChI=1S/C14H14F2N2O3/c1-19-14(5-6-20-8-14)13-18-17-11(21-13)7-9-3-2-4-10(15)12(9)16/h2-4H,5-8H2,1H3. The molecule has 0 aliphatic carbocycles. The van der Waals surface area contributed by atoms with E-state index >= 15 is 0 Å². The van der Waals surface area contributed by atoms with Crippen LogP contribution in [0.15, 0.2) is 22.6 Å². The molecule has 0 spiro atoms. The monoisotopic (exact) mass is 296 g/mol. The molecule has 1 aromatic carbocycles. The molecule has 3 rings (SSSR count). The molecule has 0 bridgehead atoms. The van der Waals surface area contributed by atoms with E-state index in [4.69, 9.17) is 13.9 Å². The van der Waals surface area contributed by atoms with Crippen LogP contribution in [-0.4, -0.2) is 30.5 Å². The number of halogens is 2. The van der Waals surface area contributed by atoms with Crippen LogP contribution >= 0.6 is 0 Å². The van der Waals surface area contributed by atoms with Gasteiger partial charge in [-0.3, -0.25) is 0 Å². The first-order valence-electron chi connectivity index (χ1n) is 6.53. The third-order valence-corrected chi connectivity index (χ3v) is 3.61. The van der Waals surface area contributed by atoms with Crippen LogP contribution in [-0.2, 0) is 21.5 Å². The average Bonchev–Trinajstić information content (AvgIpc) is 3.13. The average molecular weight is 296 g/mol. The van der Waals surface area contributed by atoms with Crippen molar-refractivity contribution in [3.05, 3.63) is 47.2 Å². The van der Waals surface area contributed by atoms with Crippen LogP contribution in [0.2, 0.25) is 0 Å². The van der Waals surface area contributed by atoms with E-state index in [2.05, 4.69) is 10.2 Å². The maximum atomic E-state index is 13.6. The van der Waals surface area contributed by atoms with E-state index in [-0.39, 0.29) is 17.9 Å². The molecule has 0 amide bonds. The largest absolute Gasteiger partial charge is 0.422 e. The lowest BCUT2D eigenvalue weighted by Gasteiger charge is -2.20. The lowest BCUT2D eigenvalue weighted by atomic mass is 10.0. The van der Waals surface area contributed by atoms with Gasteiger partial charge in [-0.25, -0.2) is 8.78 Å². The normalized spacial score (nSPS) is 21.9. The van der Waals surface area contributed by atoms with Crippen LogP contribution in [0.1, 0.15) is 23.8 Å². The van der Waals surface area contributed by atoms with Crippen molar-refractivity contribution in [3.8, 4) is 0 Å². The van der Waals surface area contributed by atoms with Crippen molar-refractivity contribution in [2.24, 2.45) is 0 Å². The molecule has 112 valence electrons. The van der Waals surface area contributed by atoms with E-state index in [1.807, 2.05) is 0 Å². The smallest absolute Gasteiger partial charge is 0.250 e. The van der Waals surface area contributed by atoms with Gasteiger partial charge < -0.3 is 13.9 Å². The summed E-state index contributed by atoms with van der Waals surface area (Å²) in [7, 11) is 1.55. The van der Waals surface area contributed by atoms with Gasteiger partial charge in [0.1, 0.15) is 0 Å². The number of aromatic nitrogens is 2. The van der Waals surface area contributed by atoms with Gasteiger partial charge in [0.25, 0.3) is 5.89 Å². The highest BCUT2D eigenvalue weighted by Gasteiger charge is 2.42. The minimum Gasteiger partial charge on any atom is -0.422 e. The Morgan fingerprint density at radius 2 is 2.19 bits per heavy atom. The highest BCUT2D eigenvalue weighted by Crippen LogP contribution is 2.33. The van der Waals surface area contributed by atoms with Gasteiger partial charge in [0.05, 0.1) is 19.6 Å². The predicted octanol–water partition coefficient (Wildman–Crippen LogP) is 2.20. The Hall–Kier alpha value is -1.86. The Bertz CT molecular complexity index is 639. The molecule has 2 aromatic rings. The summed E-state index contributed by atoms with van der Waals surface area (Å²) in [5.41, 5.74) is -0.578. The quantitative estimate of drug-likeness (QED) is 0.865. The van der Waals surface area contributed by atoms with E-state index in [1.54, 1.807) is 7.11 Å². The fourth-order valence-corrected chi connectivity index (χ4v) is 2.32. The Kier molecular flexibility index (Phi) is 3.69. The number of rotatable bonds is 4. The molecule has 1 saturated heterocycles. The van der Waals surface area contributed by atoms with Crippen molar-refractivity contribution in [2.45, 2.75) is 18.4 Å². The van der Waals surface area contributed by atoms with Gasteiger partial charge in [-0.2, -0.15) is 0 Å². The van der Waals surface area contributed by atoms with Gasteiger partial charge in [0, 0.05) is 19.1 Å². The molecule has 0 radical (unpaired) electrons. The number of benzene rings is 1. The highest BCUT2D eigenvalue weighted by molar-refractivity contribution is 5.21. The van der Waals surface area contributed by atoms with E-state index in [9.17, 15) is 8.78 Å². The number of ether oxygens (including phenoxy) is 2. The first-order chi connectivity index (χ1) is 10.1. The third-order valence-electron chi connectivity index (χ3n) is 3.61. The molecule has 2 heterocycles. The third kappa shape index (κ3) is 2.54. The predicted molar refractivity (Wildman–Crippen MR) is 67.6 cm³/mol. The lowest BCUT2D eigenvalue weighted by Crippen LogP contribution is -2.29. The molecule has 1 aliphatic heterocycles. The zero-order chi connectivity index (χ0) is 14.9. The summed E-state index contributed by atoms with van der Waals surface area (Å²) in [5.74, 6) is -1.29. The van der Waals surface area contributed by atoms with Gasteiger partial charge in [-0.05, 0) is 6.07 Å². The zero-order valence-corrected chi connectivity index (χ0v) is 11.4. The van der Waals surface area contributed by atoms with Crippen LogP contribution in [0.5, 0.6) is 0 Å². The van der Waals surface area contributed by atoms with E-state index in [1.165, 1.54) is 12.1 Å². The molecule has 1 atom stereocenters. The Labute approximate surface area is 119 Å². The molecule has 5 nitrogen and oxygen atoms in total. The molecule has 21 heavy (non-hydrogen) atoms. The van der Waals surface area contributed by atoms with Crippen molar-refractivity contribution in [1.82, 2.24) is 10.2 Å². The van der Waals surface area contributed by atoms with E-state index in [0.717, 1.165) is 6.07 Å². The summed E-state index contributed by atoms with van der Waals surface area (Å²) in [4.78, 5) is 0. The van der Waals surface area contributed by atoms with Gasteiger partial charge in [-0.15, -0.1) is 10.2 Å². The molecule has 0 saturated carbocycles. The topological polar surface area (TPSA) is 57.4 Å². The second-order valence-electron chi connectivity index (χ2n) is 4.89.